The summed E-state index contributed by atoms with van der Waals surface area (Å²) in [5.74, 6) is 0. The highest BCUT2D eigenvalue weighted by Crippen LogP contribution is 2.26. The molecule has 0 amide bonds. The molecule has 0 spiro atoms. The molecule has 0 radical (unpaired) electrons. The molecule has 1 saturated heterocycles. The van der Waals surface area contributed by atoms with Gasteiger partial charge in [-0.1, -0.05) is 17.7 Å². The SMILES string of the molecule is Cc1cc(Cl)ccc1C(CN)N(C)CC1CCCO1. The summed E-state index contributed by atoms with van der Waals surface area (Å²) in [5.41, 5.74) is 8.42. The molecule has 1 aromatic carbocycles. The highest BCUT2D eigenvalue weighted by molar-refractivity contribution is 6.30. The minimum Gasteiger partial charge on any atom is -0.377 e. The third-order valence-electron chi connectivity index (χ3n) is 3.86. The number of hydrogen-bond donors (Lipinski definition) is 1. The maximum atomic E-state index is 6.02. The van der Waals surface area contributed by atoms with E-state index >= 15 is 0 Å². The lowest BCUT2D eigenvalue weighted by Crippen LogP contribution is -2.36. The Balaban J connectivity index is 2.09. The van der Waals surface area contributed by atoms with Gasteiger partial charge in [0.15, 0.2) is 0 Å². The topological polar surface area (TPSA) is 38.5 Å². The molecule has 2 rings (SSSR count). The van der Waals surface area contributed by atoms with Crippen LogP contribution in [0.5, 0.6) is 0 Å². The molecular weight excluding hydrogens is 260 g/mol. The summed E-state index contributed by atoms with van der Waals surface area (Å²) in [5, 5.41) is 0.777. The molecule has 0 bridgehead atoms. The zero-order valence-electron chi connectivity index (χ0n) is 11.7. The third kappa shape index (κ3) is 3.69. The predicted molar refractivity (Wildman–Crippen MR) is 79.6 cm³/mol. The number of rotatable bonds is 5. The molecule has 0 aromatic heterocycles. The Morgan fingerprint density at radius 2 is 2.32 bits per heavy atom. The second-order valence-corrected chi connectivity index (χ2v) is 5.76. The first kappa shape index (κ1) is 14.8. The molecule has 19 heavy (non-hydrogen) atoms. The van der Waals surface area contributed by atoms with E-state index in [2.05, 4.69) is 24.9 Å². The van der Waals surface area contributed by atoms with Crippen molar-refractivity contribution in [2.24, 2.45) is 5.73 Å². The van der Waals surface area contributed by atoms with Crippen LogP contribution < -0.4 is 5.73 Å². The van der Waals surface area contributed by atoms with Crippen molar-refractivity contribution in [1.29, 1.82) is 0 Å². The number of halogens is 1. The molecule has 1 heterocycles. The fraction of sp³-hybridized carbons (Fsp3) is 0.600. The number of nitrogens with zero attached hydrogens (tertiary/aromatic N) is 1. The van der Waals surface area contributed by atoms with Gasteiger partial charge in [0.25, 0.3) is 0 Å². The predicted octanol–water partition coefficient (Wildman–Crippen LogP) is 2.76. The van der Waals surface area contributed by atoms with Crippen LogP contribution in [-0.4, -0.2) is 37.7 Å². The van der Waals surface area contributed by atoms with Crippen LogP contribution in [0, 0.1) is 6.92 Å². The minimum absolute atomic E-state index is 0.224. The van der Waals surface area contributed by atoms with Crippen molar-refractivity contribution >= 4 is 11.6 Å². The number of ether oxygens (including phenoxy) is 1. The van der Waals surface area contributed by atoms with Gasteiger partial charge in [-0.3, -0.25) is 4.90 Å². The van der Waals surface area contributed by atoms with E-state index in [4.69, 9.17) is 22.1 Å². The van der Waals surface area contributed by atoms with Gasteiger partial charge in [-0.25, -0.2) is 0 Å². The zero-order valence-corrected chi connectivity index (χ0v) is 12.5. The van der Waals surface area contributed by atoms with Crippen LogP contribution >= 0.6 is 11.6 Å². The zero-order chi connectivity index (χ0) is 13.8. The van der Waals surface area contributed by atoms with Crippen molar-refractivity contribution in [3.05, 3.63) is 34.3 Å². The third-order valence-corrected chi connectivity index (χ3v) is 4.10. The molecule has 0 saturated carbocycles. The lowest BCUT2D eigenvalue weighted by molar-refractivity contribution is 0.0688. The second-order valence-electron chi connectivity index (χ2n) is 5.33. The fourth-order valence-corrected chi connectivity index (χ4v) is 3.02. The van der Waals surface area contributed by atoms with E-state index in [0.717, 1.165) is 24.6 Å². The molecule has 4 heteroatoms. The standard InChI is InChI=1S/C15H23ClN2O/c1-11-8-12(16)5-6-14(11)15(9-17)18(2)10-13-4-3-7-19-13/h5-6,8,13,15H,3-4,7,9-10,17H2,1-2H3. The number of nitrogens with two attached hydrogens (primary N) is 1. The van der Waals surface area contributed by atoms with Gasteiger partial charge in [-0.2, -0.15) is 0 Å². The Bertz CT molecular complexity index is 419. The van der Waals surface area contributed by atoms with E-state index in [0.29, 0.717) is 12.6 Å². The van der Waals surface area contributed by atoms with E-state index in [1.165, 1.54) is 17.5 Å². The van der Waals surface area contributed by atoms with Crippen molar-refractivity contribution < 1.29 is 4.74 Å². The van der Waals surface area contributed by atoms with Crippen LogP contribution in [0.2, 0.25) is 5.02 Å². The molecule has 2 N–H and O–H groups in total. The maximum Gasteiger partial charge on any atom is 0.0702 e. The van der Waals surface area contributed by atoms with Crippen LogP contribution in [0.25, 0.3) is 0 Å². The quantitative estimate of drug-likeness (QED) is 0.902. The molecule has 0 aliphatic carbocycles. The summed E-state index contributed by atoms with van der Waals surface area (Å²) in [4.78, 5) is 2.30. The summed E-state index contributed by atoms with van der Waals surface area (Å²) in [6.07, 6.45) is 2.68. The Labute approximate surface area is 120 Å². The molecule has 1 aromatic rings. The first-order chi connectivity index (χ1) is 9.11. The molecule has 1 aliphatic heterocycles. The Kier molecular flexibility index (Phi) is 5.22. The Hall–Kier alpha value is -0.610. The smallest absolute Gasteiger partial charge is 0.0702 e. The molecule has 2 atom stereocenters. The monoisotopic (exact) mass is 282 g/mol. The molecule has 1 aliphatic rings. The van der Waals surface area contributed by atoms with Gasteiger partial charge >= 0.3 is 0 Å². The van der Waals surface area contributed by atoms with Gasteiger partial charge in [0.05, 0.1) is 6.10 Å². The van der Waals surface area contributed by atoms with Gasteiger partial charge in [0.2, 0.25) is 0 Å². The largest absolute Gasteiger partial charge is 0.377 e. The van der Waals surface area contributed by atoms with Gasteiger partial charge in [0.1, 0.15) is 0 Å². The van der Waals surface area contributed by atoms with Crippen LogP contribution in [-0.2, 0) is 4.74 Å². The van der Waals surface area contributed by atoms with Crippen molar-refractivity contribution in [1.82, 2.24) is 4.90 Å². The summed E-state index contributed by atoms with van der Waals surface area (Å²) in [6.45, 7) is 4.52. The summed E-state index contributed by atoms with van der Waals surface area (Å²) in [7, 11) is 2.12. The molecule has 1 fully saturated rings. The van der Waals surface area contributed by atoms with Crippen LogP contribution in [0.4, 0.5) is 0 Å². The Morgan fingerprint density at radius 1 is 1.53 bits per heavy atom. The maximum absolute atomic E-state index is 6.02. The van der Waals surface area contributed by atoms with E-state index in [1.807, 2.05) is 12.1 Å². The van der Waals surface area contributed by atoms with Crippen LogP contribution in [0.3, 0.4) is 0 Å². The molecule has 2 unspecified atom stereocenters. The molecule has 3 nitrogen and oxygen atoms in total. The molecular formula is C15H23ClN2O. The minimum atomic E-state index is 0.224. The van der Waals surface area contributed by atoms with Crippen molar-refractivity contribution in [3.8, 4) is 0 Å². The fourth-order valence-electron chi connectivity index (χ4n) is 2.79. The van der Waals surface area contributed by atoms with Gasteiger partial charge in [0, 0.05) is 30.8 Å². The van der Waals surface area contributed by atoms with E-state index in [-0.39, 0.29) is 6.04 Å². The van der Waals surface area contributed by atoms with Crippen molar-refractivity contribution in [3.63, 3.8) is 0 Å². The van der Waals surface area contributed by atoms with E-state index < -0.39 is 0 Å². The number of aryl methyl sites for hydroxylation is 1. The Morgan fingerprint density at radius 3 is 2.89 bits per heavy atom. The lowest BCUT2D eigenvalue weighted by atomic mass is 10.00. The second kappa shape index (κ2) is 6.71. The van der Waals surface area contributed by atoms with Crippen molar-refractivity contribution in [2.45, 2.75) is 31.9 Å². The highest BCUT2D eigenvalue weighted by Gasteiger charge is 2.23. The average Bonchev–Trinajstić information content (AvgIpc) is 2.85. The summed E-state index contributed by atoms with van der Waals surface area (Å²) >= 11 is 6.02. The van der Waals surface area contributed by atoms with Crippen LogP contribution in [0.1, 0.15) is 30.0 Å². The first-order valence-electron chi connectivity index (χ1n) is 6.89. The summed E-state index contributed by atoms with van der Waals surface area (Å²) < 4.78 is 5.70. The normalized spacial score (nSPS) is 21.0. The highest BCUT2D eigenvalue weighted by atomic mass is 35.5. The number of likely N-dealkylation sites (N-methyl/N-ethyl adjacent to an activating group) is 1. The first-order valence-corrected chi connectivity index (χ1v) is 7.27. The summed E-state index contributed by atoms with van der Waals surface area (Å²) in [6, 6.07) is 6.24. The molecule has 106 valence electrons. The number of benzene rings is 1. The van der Waals surface area contributed by atoms with E-state index in [9.17, 15) is 0 Å². The van der Waals surface area contributed by atoms with Crippen LogP contribution in [0.15, 0.2) is 18.2 Å². The van der Waals surface area contributed by atoms with Gasteiger partial charge in [-0.15, -0.1) is 0 Å². The van der Waals surface area contributed by atoms with Gasteiger partial charge < -0.3 is 10.5 Å². The lowest BCUT2D eigenvalue weighted by Gasteiger charge is -2.30. The van der Waals surface area contributed by atoms with Crippen molar-refractivity contribution in [2.75, 3.05) is 26.7 Å². The number of hydrogen-bond acceptors (Lipinski definition) is 3. The van der Waals surface area contributed by atoms with Gasteiger partial charge in [-0.05, 0) is 50.1 Å². The van der Waals surface area contributed by atoms with E-state index in [1.54, 1.807) is 0 Å². The average molecular weight is 283 g/mol.